The predicted molar refractivity (Wildman–Crippen MR) is 131 cm³/mol. The molecule has 0 amide bonds. The highest BCUT2D eigenvalue weighted by molar-refractivity contribution is 5.10. The maximum Gasteiger partial charge on any atom is -0.0264 e. The van der Waals surface area contributed by atoms with Crippen LogP contribution in [0.3, 0.4) is 0 Å². The second kappa shape index (κ2) is 8.09. The van der Waals surface area contributed by atoms with Crippen LogP contribution in [0.5, 0.6) is 0 Å². The van der Waals surface area contributed by atoms with Gasteiger partial charge < -0.3 is 0 Å². The van der Waals surface area contributed by atoms with Gasteiger partial charge in [-0.25, -0.2) is 0 Å². The molecule has 0 aromatic heterocycles. The molecule has 0 spiro atoms. The Labute approximate surface area is 189 Å². The summed E-state index contributed by atoms with van der Waals surface area (Å²) >= 11 is 0. The summed E-state index contributed by atoms with van der Waals surface area (Å²) in [6.07, 6.45) is 16.6. The van der Waals surface area contributed by atoms with Gasteiger partial charge in [0.1, 0.15) is 0 Å². The third-order valence-corrected chi connectivity index (χ3v) is 12.1. The van der Waals surface area contributed by atoms with Crippen molar-refractivity contribution in [2.45, 2.75) is 126 Å². The van der Waals surface area contributed by atoms with E-state index in [9.17, 15) is 0 Å². The predicted octanol–water partition coefficient (Wildman–Crippen LogP) is 9.38. The van der Waals surface area contributed by atoms with Crippen molar-refractivity contribution in [1.29, 1.82) is 0 Å². The number of hydrogen-bond acceptors (Lipinski definition) is 0. The second-order valence-electron chi connectivity index (χ2n) is 14.5. The Morgan fingerprint density at radius 3 is 2.17 bits per heavy atom. The van der Waals surface area contributed by atoms with Crippen LogP contribution in [0.1, 0.15) is 126 Å². The van der Waals surface area contributed by atoms with Crippen molar-refractivity contribution in [1.82, 2.24) is 0 Å². The molecule has 2 unspecified atom stereocenters. The summed E-state index contributed by atoms with van der Waals surface area (Å²) in [5.41, 5.74) is 1.85. The molecular formula is C30H54. The summed E-state index contributed by atoms with van der Waals surface area (Å²) in [4.78, 5) is 0. The first-order chi connectivity index (χ1) is 14.0. The SMILES string of the molecule is CC(C)CCC[C@@H](C)[C@H]1CC[C@H]2[C@@H]3CCC4CC(C)(C)C(C)C[C@]4(C)[C@H]3CC[C@]12C. The van der Waals surface area contributed by atoms with Gasteiger partial charge in [-0.2, -0.15) is 0 Å². The fraction of sp³-hybridized carbons (Fsp3) is 1.00. The molecule has 0 aromatic carbocycles. The van der Waals surface area contributed by atoms with Gasteiger partial charge >= 0.3 is 0 Å². The van der Waals surface area contributed by atoms with Crippen LogP contribution in [-0.2, 0) is 0 Å². The van der Waals surface area contributed by atoms with E-state index in [0.717, 1.165) is 47.3 Å². The molecule has 0 saturated heterocycles. The molecule has 0 radical (unpaired) electrons. The summed E-state index contributed by atoms with van der Waals surface area (Å²) in [6.45, 7) is 20.6. The van der Waals surface area contributed by atoms with E-state index in [1.165, 1.54) is 51.4 Å². The molecular weight excluding hydrogens is 360 g/mol. The van der Waals surface area contributed by atoms with Crippen molar-refractivity contribution < 1.29 is 0 Å². The Balaban J connectivity index is 1.48. The lowest BCUT2D eigenvalue weighted by Gasteiger charge is -2.63. The second-order valence-corrected chi connectivity index (χ2v) is 14.5. The third kappa shape index (κ3) is 3.73. The van der Waals surface area contributed by atoms with Gasteiger partial charge in [-0.3, -0.25) is 0 Å². The third-order valence-electron chi connectivity index (χ3n) is 12.1. The molecule has 4 aliphatic rings. The number of rotatable bonds is 5. The van der Waals surface area contributed by atoms with Gasteiger partial charge in [-0.1, -0.05) is 74.7 Å². The molecule has 30 heavy (non-hydrogen) atoms. The first kappa shape index (κ1) is 23.2. The van der Waals surface area contributed by atoms with E-state index in [1.807, 2.05) is 0 Å². The lowest BCUT2D eigenvalue weighted by atomic mass is 9.41. The van der Waals surface area contributed by atoms with Crippen molar-refractivity contribution in [2.24, 2.45) is 63.6 Å². The molecule has 174 valence electrons. The van der Waals surface area contributed by atoms with Gasteiger partial charge in [0.05, 0.1) is 0 Å². The quantitative estimate of drug-likeness (QED) is 0.420. The molecule has 0 bridgehead atoms. The highest BCUT2D eigenvalue weighted by atomic mass is 14.7. The van der Waals surface area contributed by atoms with Crippen LogP contribution in [0.15, 0.2) is 0 Å². The highest BCUT2D eigenvalue weighted by Crippen LogP contribution is 2.70. The summed E-state index contributed by atoms with van der Waals surface area (Å²) in [7, 11) is 0. The van der Waals surface area contributed by atoms with Gasteiger partial charge in [0.15, 0.2) is 0 Å². The normalized spacial score (nSPS) is 48.7. The molecule has 4 aliphatic carbocycles. The summed E-state index contributed by atoms with van der Waals surface area (Å²) in [5.74, 6) is 7.83. The molecule has 4 fully saturated rings. The highest BCUT2D eigenvalue weighted by Gasteiger charge is 2.61. The zero-order valence-electron chi connectivity index (χ0n) is 21.9. The van der Waals surface area contributed by atoms with E-state index in [-0.39, 0.29) is 0 Å². The molecule has 9 atom stereocenters. The van der Waals surface area contributed by atoms with Crippen molar-refractivity contribution >= 4 is 0 Å². The average Bonchev–Trinajstić information content (AvgIpc) is 3.00. The smallest absolute Gasteiger partial charge is 0.0264 e. The lowest BCUT2D eigenvalue weighted by Crippen LogP contribution is -2.55. The lowest BCUT2D eigenvalue weighted by molar-refractivity contribution is -0.143. The standard InChI is InChI=1S/C30H54/c1-20(2)10-9-11-21(3)25-14-15-26-24-13-12-23-19-28(5,6)22(4)18-30(23,8)27(24)16-17-29(25,26)7/h20-27H,9-19H2,1-8H3/t21-,22?,23?,24+,25-,26+,27+,29-,30+/m1/s1. The fourth-order valence-corrected chi connectivity index (χ4v) is 9.99. The van der Waals surface area contributed by atoms with Crippen LogP contribution in [0, 0.1) is 63.6 Å². The molecule has 0 heterocycles. The van der Waals surface area contributed by atoms with Crippen LogP contribution < -0.4 is 0 Å². The first-order valence-electron chi connectivity index (χ1n) is 14.0. The maximum atomic E-state index is 2.76. The topological polar surface area (TPSA) is 0 Å². The van der Waals surface area contributed by atoms with Crippen LogP contribution >= 0.6 is 0 Å². The Kier molecular flexibility index (Phi) is 6.25. The Bertz CT molecular complexity index is 601. The van der Waals surface area contributed by atoms with Gasteiger partial charge in [0.2, 0.25) is 0 Å². The zero-order chi connectivity index (χ0) is 21.9. The van der Waals surface area contributed by atoms with Crippen molar-refractivity contribution in [3.05, 3.63) is 0 Å². The van der Waals surface area contributed by atoms with Crippen LogP contribution in [-0.4, -0.2) is 0 Å². The molecule has 0 N–H and O–H groups in total. The number of hydrogen-bond donors (Lipinski definition) is 0. The average molecular weight is 415 g/mol. The van der Waals surface area contributed by atoms with E-state index in [4.69, 9.17) is 0 Å². The summed E-state index contributed by atoms with van der Waals surface area (Å²) in [5, 5.41) is 0. The molecule has 4 rings (SSSR count). The molecule has 0 aliphatic heterocycles. The Morgan fingerprint density at radius 2 is 1.47 bits per heavy atom. The van der Waals surface area contributed by atoms with Crippen molar-refractivity contribution in [3.8, 4) is 0 Å². The minimum Gasteiger partial charge on any atom is -0.0628 e. The molecule has 0 nitrogen and oxygen atoms in total. The van der Waals surface area contributed by atoms with Crippen molar-refractivity contribution in [3.63, 3.8) is 0 Å². The molecule has 0 heteroatoms. The minimum absolute atomic E-state index is 0.560. The number of fused-ring (bicyclic) bond motifs is 5. The van der Waals surface area contributed by atoms with E-state index >= 15 is 0 Å². The van der Waals surface area contributed by atoms with Gasteiger partial charge in [-0.15, -0.1) is 0 Å². The van der Waals surface area contributed by atoms with Crippen LogP contribution in [0.4, 0.5) is 0 Å². The van der Waals surface area contributed by atoms with Gasteiger partial charge in [0, 0.05) is 0 Å². The zero-order valence-corrected chi connectivity index (χ0v) is 21.9. The van der Waals surface area contributed by atoms with E-state index < -0.39 is 0 Å². The first-order valence-corrected chi connectivity index (χ1v) is 14.0. The van der Waals surface area contributed by atoms with Crippen LogP contribution in [0.2, 0.25) is 0 Å². The summed E-state index contributed by atoms with van der Waals surface area (Å²) in [6, 6.07) is 0. The molecule has 4 saturated carbocycles. The van der Waals surface area contributed by atoms with Crippen molar-refractivity contribution in [2.75, 3.05) is 0 Å². The minimum atomic E-state index is 0.560. The van der Waals surface area contributed by atoms with Gasteiger partial charge in [0.25, 0.3) is 0 Å². The summed E-state index contributed by atoms with van der Waals surface area (Å²) < 4.78 is 0. The fourth-order valence-electron chi connectivity index (χ4n) is 9.99. The van der Waals surface area contributed by atoms with E-state index in [2.05, 4.69) is 55.4 Å². The Hall–Kier alpha value is 0. The van der Waals surface area contributed by atoms with Crippen LogP contribution in [0.25, 0.3) is 0 Å². The van der Waals surface area contributed by atoms with Gasteiger partial charge in [-0.05, 0) is 115 Å². The largest absolute Gasteiger partial charge is 0.0628 e. The maximum absolute atomic E-state index is 2.76. The molecule has 0 aromatic rings. The van der Waals surface area contributed by atoms with E-state index in [1.54, 1.807) is 19.3 Å². The Morgan fingerprint density at radius 1 is 0.767 bits per heavy atom. The van der Waals surface area contributed by atoms with E-state index in [0.29, 0.717) is 16.2 Å². The monoisotopic (exact) mass is 414 g/mol.